The van der Waals surface area contributed by atoms with Gasteiger partial charge in [0.2, 0.25) is 0 Å². The van der Waals surface area contributed by atoms with E-state index in [9.17, 15) is 0 Å². The number of hydrogen-bond acceptors (Lipinski definition) is 2. The van der Waals surface area contributed by atoms with Crippen molar-refractivity contribution in [3.05, 3.63) is 0 Å². The normalized spacial score (nSPS) is 32.6. The van der Waals surface area contributed by atoms with E-state index in [4.69, 9.17) is 5.73 Å². The molecule has 1 heterocycles. The summed E-state index contributed by atoms with van der Waals surface area (Å²) in [6.45, 7) is 5.84. The van der Waals surface area contributed by atoms with Crippen LogP contribution in [-0.4, -0.2) is 30.6 Å². The number of likely N-dealkylation sites (tertiary alicyclic amines) is 1. The molecule has 0 aromatic heterocycles. The minimum absolute atomic E-state index is 0.485. The first-order valence-corrected chi connectivity index (χ1v) is 6.20. The highest BCUT2D eigenvalue weighted by Crippen LogP contribution is 2.39. The van der Waals surface area contributed by atoms with Crippen LogP contribution in [0.25, 0.3) is 0 Å². The number of hydrogen-bond donors (Lipinski definition) is 1. The van der Waals surface area contributed by atoms with E-state index < -0.39 is 0 Å². The zero-order chi connectivity index (χ0) is 10.0. The molecule has 1 unspecified atom stereocenters. The van der Waals surface area contributed by atoms with Gasteiger partial charge in [-0.1, -0.05) is 12.8 Å². The van der Waals surface area contributed by atoms with Gasteiger partial charge in [-0.2, -0.15) is 0 Å². The molecule has 2 fully saturated rings. The standard InChI is InChI=1S/C12H24N2/c1-11-5-4-8-14(11)10-12(9-13)6-2-3-7-12/h11H,2-10,13H2,1H3. The third kappa shape index (κ3) is 1.96. The fourth-order valence-electron chi connectivity index (χ4n) is 3.21. The monoisotopic (exact) mass is 196 g/mol. The van der Waals surface area contributed by atoms with Gasteiger partial charge in [0.1, 0.15) is 0 Å². The predicted molar refractivity (Wildman–Crippen MR) is 60.2 cm³/mol. The molecule has 0 aromatic carbocycles. The molecule has 2 rings (SSSR count). The lowest BCUT2D eigenvalue weighted by Gasteiger charge is -2.34. The Labute approximate surface area is 87.8 Å². The van der Waals surface area contributed by atoms with Crippen LogP contribution < -0.4 is 5.73 Å². The Morgan fingerprint density at radius 1 is 1.29 bits per heavy atom. The van der Waals surface area contributed by atoms with Crippen molar-refractivity contribution in [2.75, 3.05) is 19.6 Å². The van der Waals surface area contributed by atoms with Crippen molar-refractivity contribution < 1.29 is 0 Å². The lowest BCUT2D eigenvalue weighted by Crippen LogP contribution is -2.42. The summed E-state index contributed by atoms with van der Waals surface area (Å²) in [5.41, 5.74) is 6.45. The molecule has 14 heavy (non-hydrogen) atoms. The Hall–Kier alpha value is -0.0800. The van der Waals surface area contributed by atoms with E-state index in [0.717, 1.165) is 12.6 Å². The molecule has 1 saturated heterocycles. The van der Waals surface area contributed by atoms with Crippen LogP contribution in [0.2, 0.25) is 0 Å². The third-order valence-electron chi connectivity index (χ3n) is 4.33. The van der Waals surface area contributed by atoms with Crippen LogP contribution in [0.15, 0.2) is 0 Å². The Bertz CT molecular complexity index is 185. The van der Waals surface area contributed by atoms with E-state index in [1.54, 1.807) is 0 Å². The summed E-state index contributed by atoms with van der Waals surface area (Å²) >= 11 is 0. The van der Waals surface area contributed by atoms with E-state index >= 15 is 0 Å². The van der Waals surface area contributed by atoms with Gasteiger partial charge in [-0.3, -0.25) is 0 Å². The molecule has 2 N–H and O–H groups in total. The largest absolute Gasteiger partial charge is 0.330 e. The van der Waals surface area contributed by atoms with Crippen LogP contribution in [0.3, 0.4) is 0 Å². The van der Waals surface area contributed by atoms with Crippen molar-refractivity contribution in [3.8, 4) is 0 Å². The van der Waals surface area contributed by atoms with Crippen molar-refractivity contribution in [3.63, 3.8) is 0 Å². The smallest absolute Gasteiger partial charge is 0.00676 e. The summed E-state index contributed by atoms with van der Waals surface area (Å²) in [6, 6.07) is 0.805. The minimum Gasteiger partial charge on any atom is -0.330 e. The Kier molecular flexibility index (Phi) is 3.13. The highest BCUT2D eigenvalue weighted by atomic mass is 15.2. The minimum atomic E-state index is 0.485. The quantitative estimate of drug-likeness (QED) is 0.748. The van der Waals surface area contributed by atoms with Gasteiger partial charge in [-0.15, -0.1) is 0 Å². The van der Waals surface area contributed by atoms with E-state index in [0.29, 0.717) is 5.41 Å². The van der Waals surface area contributed by atoms with Gasteiger partial charge in [0.05, 0.1) is 0 Å². The van der Waals surface area contributed by atoms with Gasteiger partial charge >= 0.3 is 0 Å². The maximum absolute atomic E-state index is 5.97. The van der Waals surface area contributed by atoms with Crippen LogP contribution >= 0.6 is 0 Å². The lowest BCUT2D eigenvalue weighted by molar-refractivity contribution is 0.153. The molecule has 0 bridgehead atoms. The Balaban J connectivity index is 1.93. The second-order valence-corrected chi connectivity index (χ2v) is 5.37. The SMILES string of the molecule is CC1CCCN1CC1(CN)CCCC1. The van der Waals surface area contributed by atoms with Crippen molar-refractivity contribution in [2.24, 2.45) is 11.1 Å². The molecule has 2 aliphatic rings. The first kappa shape index (κ1) is 10.4. The number of rotatable bonds is 3. The summed E-state index contributed by atoms with van der Waals surface area (Å²) in [5, 5.41) is 0. The lowest BCUT2D eigenvalue weighted by atomic mass is 9.85. The van der Waals surface area contributed by atoms with Crippen molar-refractivity contribution in [2.45, 2.75) is 51.5 Å². The first-order chi connectivity index (χ1) is 6.76. The molecule has 82 valence electrons. The maximum Gasteiger partial charge on any atom is 0.00676 e. The molecule has 2 heteroatoms. The molecule has 0 amide bonds. The molecule has 2 nitrogen and oxygen atoms in total. The van der Waals surface area contributed by atoms with E-state index in [2.05, 4.69) is 11.8 Å². The van der Waals surface area contributed by atoms with Crippen molar-refractivity contribution in [1.82, 2.24) is 4.90 Å². The van der Waals surface area contributed by atoms with Gasteiger partial charge in [0, 0.05) is 12.6 Å². The van der Waals surface area contributed by atoms with E-state index in [-0.39, 0.29) is 0 Å². The Morgan fingerprint density at radius 3 is 2.50 bits per heavy atom. The van der Waals surface area contributed by atoms with E-state index in [1.807, 2.05) is 0 Å². The number of nitrogens with two attached hydrogens (primary N) is 1. The predicted octanol–water partition coefficient (Wildman–Crippen LogP) is 1.99. The van der Waals surface area contributed by atoms with Gasteiger partial charge in [-0.05, 0) is 51.1 Å². The molecule has 1 aliphatic carbocycles. The van der Waals surface area contributed by atoms with Crippen molar-refractivity contribution >= 4 is 0 Å². The average molecular weight is 196 g/mol. The second kappa shape index (κ2) is 4.19. The van der Waals surface area contributed by atoms with Crippen LogP contribution in [0, 0.1) is 5.41 Å². The van der Waals surface area contributed by atoms with Gasteiger partial charge < -0.3 is 10.6 Å². The fourth-order valence-corrected chi connectivity index (χ4v) is 3.21. The highest BCUT2D eigenvalue weighted by Gasteiger charge is 2.36. The van der Waals surface area contributed by atoms with Gasteiger partial charge in [0.25, 0.3) is 0 Å². The first-order valence-electron chi connectivity index (χ1n) is 6.20. The maximum atomic E-state index is 5.97. The molecule has 1 saturated carbocycles. The summed E-state index contributed by atoms with van der Waals surface area (Å²) in [6.07, 6.45) is 8.32. The molecule has 0 radical (unpaired) electrons. The highest BCUT2D eigenvalue weighted by molar-refractivity contribution is 4.90. The molecule has 0 aromatic rings. The Morgan fingerprint density at radius 2 is 2.00 bits per heavy atom. The fraction of sp³-hybridized carbons (Fsp3) is 1.00. The summed E-state index contributed by atoms with van der Waals surface area (Å²) in [4.78, 5) is 2.66. The van der Waals surface area contributed by atoms with Crippen LogP contribution in [0.4, 0.5) is 0 Å². The molecular formula is C12H24N2. The molecule has 0 spiro atoms. The molecule has 1 atom stereocenters. The van der Waals surface area contributed by atoms with Crippen LogP contribution in [-0.2, 0) is 0 Å². The van der Waals surface area contributed by atoms with Crippen molar-refractivity contribution in [1.29, 1.82) is 0 Å². The number of nitrogens with zero attached hydrogens (tertiary/aromatic N) is 1. The molecule has 1 aliphatic heterocycles. The summed E-state index contributed by atoms with van der Waals surface area (Å²) < 4.78 is 0. The van der Waals surface area contributed by atoms with E-state index in [1.165, 1.54) is 51.6 Å². The zero-order valence-corrected chi connectivity index (χ0v) is 9.47. The van der Waals surface area contributed by atoms with Gasteiger partial charge in [-0.25, -0.2) is 0 Å². The zero-order valence-electron chi connectivity index (χ0n) is 9.47. The topological polar surface area (TPSA) is 29.3 Å². The van der Waals surface area contributed by atoms with Crippen LogP contribution in [0.5, 0.6) is 0 Å². The second-order valence-electron chi connectivity index (χ2n) is 5.37. The third-order valence-corrected chi connectivity index (χ3v) is 4.33. The van der Waals surface area contributed by atoms with Gasteiger partial charge in [0.15, 0.2) is 0 Å². The molecular weight excluding hydrogens is 172 g/mol. The summed E-state index contributed by atoms with van der Waals surface area (Å²) in [7, 11) is 0. The summed E-state index contributed by atoms with van der Waals surface area (Å²) in [5.74, 6) is 0. The van der Waals surface area contributed by atoms with Crippen LogP contribution in [0.1, 0.15) is 45.4 Å². The average Bonchev–Trinajstić information content (AvgIpc) is 2.79.